The molecule has 0 saturated carbocycles. The summed E-state index contributed by atoms with van der Waals surface area (Å²) in [4.78, 5) is 17.0. The number of fused-ring (bicyclic) bond motifs is 1. The normalized spacial score (nSPS) is 13.9. The van der Waals surface area contributed by atoms with Crippen molar-refractivity contribution < 1.29 is 9.84 Å². The summed E-state index contributed by atoms with van der Waals surface area (Å²) in [6.07, 6.45) is 3.56. The van der Waals surface area contributed by atoms with Crippen LogP contribution in [-0.4, -0.2) is 22.5 Å². The first-order valence-electron chi connectivity index (χ1n) is 9.01. The third kappa shape index (κ3) is 3.51. The average Bonchev–Trinajstić information content (AvgIpc) is 3.20. The molecule has 2 heterocycles. The molecule has 0 atom stereocenters. The van der Waals surface area contributed by atoms with Gasteiger partial charge in [0, 0.05) is 17.4 Å². The summed E-state index contributed by atoms with van der Waals surface area (Å²) in [7, 11) is 0. The van der Waals surface area contributed by atoms with Crippen LogP contribution in [0.2, 0.25) is 0 Å². The number of thiazole rings is 1. The molecule has 3 aromatic rings. The minimum absolute atomic E-state index is 0.0372. The number of aromatic hydroxyl groups is 1. The van der Waals surface area contributed by atoms with E-state index in [4.69, 9.17) is 4.74 Å². The van der Waals surface area contributed by atoms with Gasteiger partial charge in [0.05, 0.1) is 17.1 Å². The van der Waals surface area contributed by atoms with Crippen LogP contribution >= 0.6 is 11.3 Å². The molecule has 0 fully saturated rings. The van der Waals surface area contributed by atoms with E-state index in [0.29, 0.717) is 11.5 Å². The van der Waals surface area contributed by atoms with Crippen LogP contribution in [-0.2, 0) is 6.54 Å². The zero-order valence-electron chi connectivity index (χ0n) is 15.7. The van der Waals surface area contributed by atoms with Gasteiger partial charge in [-0.25, -0.2) is 0 Å². The van der Waals surface area contributed by atoms with Crippen molar-refractivity contribution in [2.24, 2.45) is 4.99 Å². The molecule has 0 saturated heterocycles. The highest BCUT2D eigenvalue weighted by Crippen LogP contribution is 2.34. The summed E-state index contributed by atoms with van der Waals surface area (Å²) in [5.74, 6) is 0.758. The monoisotopic (exact) mass is 392 g/mol. The minimum Gasteiger partial charge on any atom is -0.493 e. The van der Waals surface area contributed by atoms with Crippen LogP contribution in [0.1, 0.15) is 21.6 Å². The topological polar surface area (TPSA) is 63.8 Å². The summed E-state index contributed by atoms with van der Waals surface area (Å²) >= 11 is 1.02. The zero-order chi connectivity index (χ0) is 19.7. The van der Waals surface area contributed by atoms with Gasteiger partial charge in [-0.2, -0.15) is 0 Å². The number of hydrogen-bond donors (Lipinski definition) is 1. The molecule has 0 spiro atoms. The molecule has 142 valence electrons. The molecule has 0 bridgehead atoms. The summed E-state index contributed by atoms with van der Waals surface area (Å²) < 4.78 is 7.17. The van der Waals surface area contributed by atoms with Crippen molar-refractivity contribution in [1.29, 1.82) is 0 Å². The molecule has 0 aliphatic carbocycles. The van der Waals surface area contributed by atoms with E-state index in [1.807, 2.05) is 56.3 Å². The van der Waals surface area contributed by atoms with Crippen molar-refractivity contribution in [2.75, 3.05) is 6.61 Å². The maximum Gasteiger partial charge on any atom is 0.310 e. The van der Waals surface area contributed by atoms with E-state index >= 15 is 0 Å². The van der Waals surface area contributed by atoms with Crippen molar-refractivity contribution in [1.82, 2.24) is 4.57 Å². The predicted octanol–water partition coefficient (Wildman–Crippen LogP) is 4.57. The maximum atomic E-state index is 12.3. The lowest BCUT2D eigenvalue weighted by molar-refractivity contribution is 0.284. The number of aliphatic imine (C=N–C) groups is 1. The second-order valence-corrected chi connectivity index (χ2v) is 7.69. The molecular formula is C22H20N2O3S. The van der Waals surface area contributed by atoms with Crippen LogP contribution in [0.15, 0.2) is 52.3 Å². The lowest BCUT2D eigenvalue weighted by Gasteiger charge is -2.10. The van der Waals surface area contributed by atoms with E-state index in [0.717, 1.165) is 45.0 Å². The SMILES string of the molecule is Cc1ccc(C)c(OCCn2c(O)c(/C=C3/C=Nc4ccccc43)sc2=O)c1. The Hall–Kier alpha value is -3.12. The molecule has 1 aliphatic rings. The Labute approximate surface area is 166 Å². The van der Waals surface area contributed by atoms with Gasteiger partial charge in [0.1, 0.15) is 12.4 Å². The maximum absolute atomic E-state index is 12.3. The van der Waals surface area contributed by atoms with E-state index in [-0.39, 0.29) is 17.3 Å². The predicted molar refractivity (Wildman–Crippen MR) is 114 cm³/mol. The molecule has 1 aromatic heterocycles. The highest BCUT2D eigenvalue weighted by atomic mass is 32.1. The Morgan fingerprint density at radius 3 is 2.89 bits per heavy atom. The Balaban J connectivity index is 1.52. The molecular weight excluding hydrogens is 372 g/mol. The summed E-state index contributed by atoms with van der Waals surface area (Å²) in [5, 5.41) is 10.5. The van der Waals surface area contributed by atoms with E-state index < -0.39 is 0 Å². The van der Waals surface area contributed by atoms with Crippen LogP contribution in [0.4, 0.5) is 5.69 Å². The fourth-order valence-corrected chi connectivity index (χ4v) is 3.97. The van der Waals surface area contributed by atoms with Gasteiger partial charge in [0.2, 0.25) is 5.88 Å². The third-order valence-corrected chi connectivity index (χ3v) is 5.57. The van der Waals surface area contributed by atoms with Gasteiger partial charge in [0.15, 0.2) is 0 Å². The van der Waals surface area contributed by atoms with Gasteiger partial charge in [0.25, 0.3) is 0 Å². The van der Waals surface area contributed by atoms with Gasteiger partial charge in [-0.1, -0.05) is 41.7 Å². The molecule has 6 heteroatoms. The molecule has 0 radical (unpaired) electrons. The number of aromatic nitrogens is 1. The largest absolute Gasteiger partial charge is 0.493 e. The first kappa shape index (κ1) is 18.3. The Morgan fingerprint density at radius 1 is 1.21 bits per heavy atom. The van der Waals surface area contributed by atoms with Crippen LogP contribution < -0.4 is 9.61 Å². The summed E-state index contributed by atoms with van der Waals surface area (Å²) in [6.45, 7) is 4.57. The van der Waals surface area contributed by atoms with Crippen molar-refractivity contribution in [3.63, 3.8) is 0 Å². The number of allylic oxidation sites excluding steroid dienone is 1. The number of para-hydroxylation sites is 1. The smallest absolute Gasteiger partial charge is 0.310 e. The molecule has 28 heavy (non-hydrogen) atoms. The third-order valence-electron chi connectivity index (χ3n) is 4.65. The van der Waals surface area contributed by atoms with Crippen LogP contribution in [0.25, 0.3) is 11.6 Å². The van der Waals surface area contributed by atoms with Crippen LogP contribution in [0.3, 0.4) is 0 Å². The number of benzene rings is 2. The molecule has 0 unspecified atom stereocenters. The summed E-state index contributed by atoms with van der Waals surface area (Å²) in [6, 6.07) is 13.8. The van der Waals surface area contributed by atoms with E-state index in [1.54, 1.807) is 12.3 Å². The van der Waals surface area contributed by atoms with Crippen LogP contribution in [0, 0.1) is 13.8 Å². The lowest BCUT2D eigenvalue weighted by atomic mass is 10.1. The van der Waals surface area contributed by atoms with Gasteiger partial charge >= 0.3 is 4.87 Å². The molecule has 0 amide bonds. The fourth-order valence-electron chi connectivity index (χ4n) is 3.11. The quantitative estimate of drug-likeness (QED) is 0.692. The molecule has 1 aliphatic heterocycles. The molecule has 5 nitrogen and oxygen atoms in total. The molecule has 2 aromatic carbocycles. The summed E-state index contributed by atoms with van der Waals surface area (Å²) in [5.41, 5.74) is 4.92. The van der Waals surface area contributed by atoms with Crippen molar-refractivity contribution >= 4 is 34.9 Å². The number of ether oxygens (including phenoxy) is 1. The average molecular weight is 392 g/mol. The fraction of sp³-hybridized carbons (Fsp3) is 0.182. The lowest BCUT2D eigenvalue weighted by Crippen LogP contribution is -2.17. The highest BCUT2D eigenvalue weighted by Gasteiger charge is 2.16. The minimum atomic E-state index is -0.211. The van der Waals surface area contributed by atoms with Crippen molar-refractivity contribution in [2.45, 2.75) is 20.4 Å². The Morgan fingerprint density at radius 2 is 2.04 bits per heavy atom. The standard InChI is InChI=1S/C22H20N2O3S/c1-14-7-8-15(2)19(11-14)27-10-9-24-21(25)20(28-22(24)26)12-16-13-23-18-6-4-3-5-17(16)18/h3-8,11-13,25H,9-10H2,1-2H3/b16-12-. The number of hydrogen-bond acceptors (Lipinski definition) is 5. The van der Waals surface area contributed by atoms with Gasteiger partial charge in [-0.15, -0.1) is 0 Å². The molecule has 1 N–H and O–H groups in total. The highest BCUT2D eigenvalue weighted by molar-refractivity contribution is 7.10. The zero-order valence-corrected chi connectivity index (χ0v) is 16.5. The van der Waals surface area contributed by atoms with E-state index in [2.05, 4.69) is 4.99 Å². The van der Waals surface area contributed by atoms with Crippen LogP contribution in [0.5, 0.6) is 11.6 Å². The van der Waals surface area contributed by atoms with Gasteiger partial charge in [-0.05, 0) is 43.2 Å². The second-order valence-electron chi connectivity index (χ2n) is 6.70. The van der Waals surface area contributed by atoms with Gasteiger partial charge in [-0.3, -0.25) is 14.4 Å². The number of rotatable bonds is 5. The van der Waals surface area contributed by atoms with E-state index in [1.165, 1.54) is 4.57 Å². The molecule has 4 rings (SSSR count). The van der Waals surface area contributed by atoms with Crippen molar-refractivity contribution in [3.05, 3.63) is 73.7 Å². The van der Waals surface area contributed by atoms with Gasteiger partial charge < -0.3 is 9.84 Å². The Kier molecular flexibility index (Phi) is 4.88. The number of aryl methyl sites for hydroxylation is 2. The second kappa shape index (κ2) is 7.48. The first-order valence-corrected chi connectivity index (χ1v) is 9.82. The number of nitrogens with zero attached hydrogens (tertiary/aromatic N) is 2. The Bertz CT molecular complexity index is 1150. The van der Waals surface area contributed by atoms with E-state index in [9.17, 15) is 9.90 Å². The van der Waals surface area contributed by atoms with Crippen molar-refractivity contribution in [3.8, 4) is 11.6 Å². The first-order chi connectivity index (χ1) is 13.5.